The summed E-state index contributed by atoms with van der Waals surface area (Å²) in [7, 11) is 0. The summed E-state index contributed by atoms with van der Waals surface area (Å²) >= 11 is 1.82. The van der Waals surface area contributed by atoms with E-state index in [-0.39, 0.29) is 17.5 Å². The van der Waals surface area contributed by atoms with Crippen molar-refractivity contribution in [3.63, 3.8) is 0 Å². The number of nitrogens with one attached hydrogen (secondary N) is 2. The molecule has 1 aliphatic rings. The second-order valence-corrected chi connectivity index (χ2v) is 5.78. The molecule has 0 saturated heterocycles. The number of carbonyl (C=O) groups is 1. The van der Waals surface area contributed by atoms with Crippen LogP contribution in [0.4, 0.5) is 0 Å². The van der Waals surface area contributed by atoms with Crippen molar-refractivity contribution in [1.29, 1.82) is 0 Å². The van der Waals surface area contributed by atoms with Gasteiger partial charge in [-0.15, -0.1) is 11.8 Å². The van der Waals surface area contributed by atoms with Crippen LogP contribution in [0.15, 0.2) is 52.3 Å². The van der Waals surface area contributed by atoms with Crippen molar-refractivity contribution in [2.75, 3.05) is 5.75 Å². The Morgan fingerprint density at radius 1 is 1.25 bits per heavy atom. The Morgan fingerprint density at radius 3 is 2.90 bits per heavy atom. The summed E-state index contributed by atoms with van der Waals surface area (Å²) in [5.41, 5.74) is 1.43. The van der Waals surface area contributed by atoms with Crippen LogP contribution in [0, 0.1) is 0 Å². The lowest BCUT2D eigenvalue weighted by Gasteiger charge is -2.25. The molecule has 4 nitrogen and oxygen atoms in total. The van der Waals surface area contributed by atoms with Gasteiger partial charge in [0, 0.05) is 22.9 Å². The highest BCUT2D eigenvalue weighted by Crippen LogP contribution is 2.35. The molecule has 3 rings (SSSR count). The smallest absolute Gasteiger partial charge is 0.253 e. The standard InChI is InChI=1S/C15H14N2O2S/c18-14-6-5-10(9-16-14)15(19)17-12-7-8-20-13-4-2-1-3-11(12)13/h1-6,9,12H,7-8H2,(H,16,18)(H,17,19)/t12-/m1/s1. The molecule has 102 valence electrons. The molecule has 2 N–H and O–H groups in total. The monoisotopic (exact) mass is 286 g/mol. The van der Waals surface area contributed by atoms with Gasteiger partial charge in [-0.05, 0) is 24.1 Å². The fraction of sp³-hybridized carbons (Fsp3) is 0.200. The molecule has 2 aromatic rings. The van der Waals surface area contributed by atoms with Gasteiger partial charge in [-0.3, -0.25) is 9.59 Å². The molecule has 1 aromatic carbocycles. The summed E-state index contributed by atoms with van der Waals surface area (Å²) in [6, 6.07) is 11.1. The van der Waals surface area contributed by atoms with E-state index in [0.717, 1.165) is 12.2 Å². The molecule has 1 atom stereocenters. The molecular formula is C15H14N2O2S. The largest absolute Gasteiger partial charge is 0.345 e. The maximum Gasteiger partial charge on any atom is 0.253 e. The van der Waals surface area contributed by atoms with Crippen molar-refractivity contribution in [3.8, 4) is 0 Å². The van der Waals surface area contributed by atoms with E-state index in [2.05, 4.69) is 22.4 Å². The van der Waals surface area contributed by atoms with Crippen LogP contribution in [0.3, 0.4) is 0 Å². The minimum Gasteiger partial charge on any atom is -0.345 e. The van der Waals surface area contributed by atoms with E-state index in [1.807, 2.05) is 23.9 Å². The van der Waals surface area contributed by atoms with Crippen LogP contribution in [-0.4, -0.2) is 16.6 Å². The summed E-state index contributed by atoms with van der Waals surface area (Å²) in [5, 5.41) is 3.04. The number of aromatic nitrogens is 1. The number of H-pyrrole nitrogens is 1. The first-order chi connectivity index (χ1) is 9.74. The number of thioether (sulfide) groups is 1. The van der Waals surface area contributed by atoms with Crippen molar-refractivity contribution < 1.29 is 4.79 Å². The van der Waals surface area contributed by atoms with Crippen molar-refractivity contribution in [2.24, 2.45) is 0 Å². The summed E-state index contributed by atoms with van der Waals surface area (Å²) in [5.74, 6) is 0.834. The van der Waals surface area contributed by atoms with Crippen molar-refractivity contribution in [3.05, 3.63) is 64.1 Å². The highest BCUT2D eigenvalue weighted by molar-refractivity contribution is 7.99. The van der Waals surface area contributed by atoms with Crippen LogP contribution in [-0.2, 0) is 0 Å². The van der Waals surface area contributed by atoms with Gasteiger partial charge in [-0.2, -0.15) is 0 Å². The molecule has 0 radical (unpaired) electrons. The van der Waals surface area contributed by atoms with Crippen LogP contribution < -0.4 is 10.9 Å². The number of hydrogen-bond acceptors (Lipinski definition) is 3. The number of pyridine rings is 1. The predicted octanol–water partition coefficient (Wildman–Crippen LogP) is 2.34. The maximum atomic E-state index is 12.2. The molecule has 0 spiro atoms. The van der Waals surface area contributed by atoms with Gasteiger partial charge in [0.15, 0.2) is 0 Å². The van der Waals surface area contributed by atoms with Gasteiger partial charge in [-0.1, -0.05) is 18.2 Å². The zero-order chi connectivity index (χ0) is 13.9. The molecule has 0 aliphatic carbocycles. The molecule has 1 amide bonds. The molecule has 0 fully saturated rings. The Bertz CT molecular complexity index is 676. The number of aromatic amines is 1. The highest BCUT2D eigenvalue weighted by Gasteiger charge is 2.22. The second kappa shape index (κ2) is 5.54. The van der Waals surface area contributed by atoms with E-state index in [1.165, 1.54) is 28.8 Å². The van der Waals surface area contributed by atoms with Crippen LogP contribution in [0.2, 0.25) is 0 Å². The van der Waals surface area contributed by atoms with E-state index >= 15 is 0 Å². The quantitative estimate of drug-likeness (QED) is 0.890. The zero-order valence-electron chi connectivity index (χ0n) is 10.8. The third-order valence-corrected chi connectivity index (χ3v) is 4.43. The maximum absolute atomic E-state index is 12.2. The van der Waals surface area contributed by atoms with Crippen molar-refractivity contribution >= 4 is 17.7 Å². The van der Waals surface area contributed by atoms with E-state index in [9.17, 15) is 9.59 Å². The predicted molar refractivity (Wildman–Crippen MR) is 79.1 cm³/mol. The first-order valence-corrected chi connectivity index (χ1v) is 7.44. The van der Waals surface area contributed by atoms with E-state index in [1.54, 1.807) is 0 Å². The van der Waals surface area contributed by atoms with Gasteiger partial charge in [0.05, 0.1) is 11.6 Å². The Morgan fingerprint density at radius 2 is 2.10 bits per heavy atom. The number of fused-ring (bicyclic) bond motifs is 1. The molecular weight excluding hydrogens is 272 g/mol. The second-order valence-electron chi connectivity index (χ2n) is 4.64. The van der Waals surface area contributed by atoms with Gasteiger partial charge in [0.1, 0.15) is 0 Å². The normalized spacial score (nSPS) is 17.3. The topological polar surface area (TPSA) is 62.0 Å². The van der Waals surface area contributed by atoms with Gasteiger partial charge in [-0.25, -0.2) is 0 Å². The minimum atomic E-state index is -0.207. The Kier molecular flexibility index (Phi) is 3.60. The van der Waals surface area contributed by atoms with E-state index in [4.69, 9.17) is 0 Å². The first kappa shape index (κ1) is 13.0. The average Bonchev–Trinajstić information content (AvgIpc) is 2.48. The molecule has 1 aromatic heterocycles. The molecule has 5 heteroatoms. The van der Waals surface area contributed by atoms with Gasteiger partial charge in [0.2, 0.25) is 5.56 Å². The number of rotatable bonds is 2. The SMILES string of the molecule is O=C(N[C@@H]1CCSc2ccccc21)c1ccc(=O)[nH]c1. The van der Waals surface area contributed by atoms with E-state index < -0.39 is 0 Å². The van der Waals surface area contributed by atoms with E-state index in [0.29, 0.717) is 5.56 Å². The summed E-state index contributed by atoms with van der Waals surface area (Å²) in [4.78, 5) is 26.9. The molecule has 2 heterocycles. The van der Waals surface area contributed by atoms with Crippen LogP contribution >= 0.6 is 11.8 Å². The molecule has 0 saturated carbocycles. The summed E-state index contributed by atoms with van der Waals surface area (Å²) in [6.45, 7) is 0. The van der Waals surface area contributed by atoms with Gasteiger partial charge in [0.25, 0.3) is 5.91 Å². The van der Waals surface area contributed by atoms with Crippen LogP contribution in [0.1, 0.15) is 28.4 Å². The van der Waals surface area contributed by atoms with Gasteiger partial charge < -0.3 is 10.3 Å². The molecule has 20 heavy (non-hydrogen) atoms. The van der Waals surface area contributed by atoms with Crippen LogP contribution in [0.25, 0.3) is 0 Å². The first-order valence-electron chi connectivity index (χ1n) is 6.45. The van der Waals surface area contributed by atoms with Crippen molar-refractivity contribution in [2.45, 2.75) is 17.4 Å². The third kappa shape index (κ3) is 2.63. The van der Waals surface area contributed by atoms with Crippen molar-refractivity contribution in [1.82, 2.24) is 10.3 Å². The molecule has 0 unspecified atom stereocenters. The molecule has 1 aliphatic heterocycles. The highest BCUT2D eigenvalue weighted by atomic mass is 32.2. The molecule has 0 bridgehead atoms. The number of carbonyl (C=O) groups excluding carboxylic acids is 1. The fourth-order valence-electron chi connectivity index (χ4n) is 2.29. The Hall–Kier alpha value is -2.01. The summed E-state index contributed by atoms with van der Waals surface area (Å²) in [6.07, 6.45) is 2.36. The lowest BCUT2D eigenvalue weighted by Crippen LogP contribution is -2.31. The lowest BCUT2D eigenvalue weighted by atomic mass is 10.0. The average molecular weight is 286 g/mol. The fourth-order valence-corrected chi connectivity index (χ4v) is 3.41. The minimum absolute atomic E-state index is 0.0341. The van der Waals surface area contributed by atoms with Gasteiger partial charge >= 0.3 is 0 Å². The number of hydrogen-bond donors (Lipinski definition) is 2. The lowest BCUT2D eigenvalue weighted by molar-refractivity contribution is 0.0934. The van der Waals surface area contributed by atoms with Crippen LogP contribution in [0.5, 0.6) is 0 Å². The number of amides is 1. The zero-order valence-corrected chi connectivity index (χ0v) is 11.6. The Labute approximate surface area is 120 Å². The Balaban J connectivity index is 1.80. The third-order valence-electron chi connectivity index (χ3n) is 3.31. The summed E-state index contributed by atoms with van der Waals surface area (Å²) < 4.78 is 0. The number of benzene rings is 1.